The van der Waals surface area contributed by atoms with Crippen LogP contribution in [-0.2, 0) is 4.74 Å². The predicted molar refractivity (Wildman–Crippen MR) is 83.3 cm³/mol. The molecule has 0 unspecified atom stereocenters. The van der Waals surface area contributed by atoms with Crippen molar-refractivity contribution in [3.05, 3.63) is 39.7 Å². The van der Waals surface area contributed by atoms with E-state index >= 15 is 0 Å². The molecule has 9 heteroatoms. The minimum atomic E-state index is -1.30. The molecule has 1 aromatic carbocycles. The van der Waals surface area contributed by atoms with Crippen LogP contribution in [-0.4, -0.2) is 36.6 Å². The normalized spacial score (nSPS) is 18.9. The maximum atomic E-state index is 14.0. The highest BCUT2D eigenvalue weighted by molar-refractivity contribution is 5.95. The van der Waals surface area contributed by atoms with E-state index in [1.807, 2.05) is 0 Å². The number of rotatable bonds is 5. The van der Waals surface area contributed by atoms with Crippen LogP contribution in [0.1, 0.15) is 23.7 Å². The highest BCUT2D eigenvalue weighted by Crippen LogP contribution is 2.31. The van der Waals surface area contributed by atoms with Gasteiger partial charge in [-0.2, -0.15) is 4.39 Å². The quantitative estimate of drug-likeness (QED) is 0.831. The molecule has 1 aliphatic rings. The molecular weight excluding hydrogens is 341 g/mol. The number of pyridine rings is 1. The lowest BCUT2D eigenvalue weighted by Crippen LogP contribution is -2.27. The lowest BCUT2D eigenvalue weighted by Gasteiger charge is -2.17. The van der Waals surface area contributed by atoms with E-state index in [4.69, 9.17) is 9.47 Å². The van der Waals surface area contributed by atoms with Crippen molar-refractivity contribution in [1.82, 2.24) is 4.68 Å². The molecule has 134 valence electrons. The van der Waals surface area contributed by atoms with Crippen molar-refractivity contribution in [2.24, 2.45) is 0 Å². The van der Waals surface area contributed by atoms with Gasteiger partial charge in [-0.05, 0) is 13.0 Å². The highest BCUT2D eigenvalue weighted by atomic mass is 19.2. The Morgan fingerprint density at radius 2 is 2.12 bits per heavy atom. The monoisotopic (exact) mass is 356 g/mol. The number of esters is 1. The standard InChI is InChI=1S/C16H15F3N2O4/c1-3-25-16(23)8-6-21(20-11-5-9(11)17)13-7(14(8)22)4-10(18)12(19)15(13)24-2/h4,6,9,11,20H,3,5H2,1-2H3/t9-,11+/m0/s1. The van der Waals surface area contributed by atoms with E-state index in [-0.39, 0.29) is 29.5 Å². The van der Waals surface area contributed by atoms with Gasteiger partial charge in [0.05, 0.1) is 25.1 Å². The fourth-order valence-corrected chi connectivity index (χ4v) is 2.52. The summed E-state index contributed by atoms with van der Waals surface area (Å²) in [6.45, 7) is 1.59. The van der Waals surface area contributed by atoms with E-state index in [1.165, 1.54) is 0 Å². The van der Waals surface area contributed by atoms with Crippen LogP contribution in [0.25, 0.3) is 10.9 Å². The summed E-state index contributed by atoms with van der Waals surface area (Å²) in [5.74, 6) is -4.03. The Bertz CT molecular complexity index is 913. The Balaban J connectivity index is 2.31. The average Bonchev–Trinajstić information content (AvgIpc) is 3.27. The summed E-state index contributed by atoms with van der Waals surface area (Å²) in [6.07, 6.45) is 0.180. The largest absolute Gasteiger partial charge is 0.491 e. The molecular formula is C16H15F3N2O4. The molecule has 1 heterocycles. The van der Waals surface area contributed by atoms with Gasteiger partial charge in [0.25, 0.3) is 0 Å². The number of nitrogens with one attached hydrogen (secondary N) is 1. The van der Waals surface area contributed by atoms with Gasteiger partial charge in [0.15, 0.2) is 11.6 Å². The number of methoxy groups -OCH3 is 1. The van der Waals surface area contributed by atoms with E-state index in [1.54, 1.807) is 6.92 Å². The summed E-state index contributed by atoms with van der Waals surface area (Å²) >= 11 is 0. The fraction of sp³-hybridized carbons (Fsp3) is 0.375. The first-order valence-corrected chi connectivity index (χ1v) is 7.58. The summed E-state index contributed by atoms with van der Waals surface area (Å²) < 4.78 is 51.9. The molecule has 0 spiro atoms. The Kier molecular flexibility index (Phi) is 4.32. The number of hydrogen-bond acceptors (Lipinski definition) is 5. The number of carbonyl (C=O) groups excluding carboxylic acids is 1. The second-order valence-electron chi connectivity index (χ2n) is 5.55. The van der Waals surface area contributed by atoms with Crippen molar-refractivity contribution in [1.29, 1.82) is 0 Å². The zero-order valence-corrected chi connectivity index (χ0v) is 13.4. The SMILES string of the molecule is CCOC(=O)c1cn(N[C@@H]2C[C@@H]2F)c2c(OC)c(F)c(F)cc2c1=O. The van der Waals surface area contributed by atoms with Gasteiger partial charge in [-0.15, -0.1) is 0 Å². The molecule has 25 heavy (non-hydrogen) atoms. The van der Waals surface area contributed by atoms with Crippen molar-refractivity contribution < 1.29 is 27.4 Å². The molecule has 0 radical (unpaired) electrons. The zero-order chi connectivity index (χ0) is 18.3. The molecule has 1 saturated carbocycles. The topological polar surface area (TPSA) is 69.6 Å². The molecule has 3 rings (SSSR count). The average molecular weight is 356 g/mol. The fourth-order valence-electron chi connectivity index (χ4n) is 2.52. The lowest BCUT2D eigenvalue weighted by atomic mass is 10.1. The molecule has 0 bridgehead atoms. The van der Waals surface area contributed by atoms with Crippen LogP contribution in [0.15, 0.2) is 17.1 Å². The number of halogens is 3. The van der Waals surface area contributed by atoms with Crippen molar-refractivity contribution in [3.63, 3.8) is 0 Å². The molecule has 0 aliphatic heterocycles. The summed E-state index contributed by atoms with van der Waals surface area (Å²) in [5.41, 5.74) is 1.37. The molecule has 6 nitrogen and oxygen atoms in total. The van der Waals surface area contributed by atoms with Crippen molar-refractivity contribution >= 4 is 16.9 Å². The molecule has 0 amide bonds. The van der Waals surface area contributed by atoms with E-state index < -0.39 is 41.0 Å². The van der Waals surface area contributed by atoms with Crippen molar-refractivity contribution in [3.8, 4) is 5.75 Å². The zero-order valence-electron chi connectivity index (χ0n) is 13.4. The van der Waals surface area contributed by atoms with Crippen molar-refractivity contribution in [2.75, 3.05) is 19.1 Å². The van der Waals surface area contributed by atoms with E-state index in [0.717, 1.165) is 18.0 Å². The Morgan fingerprint density at radius 3 is 2.68 bits per heavy atom. The number of benzene rings is 1. The highest BCUT2D eigenvalue weighted by Gasteiger charge is 2.38. The first-order valence-electron chi connectivity index (χ1n) is 7.58. The molecule has 2 aromatic rings. The van der Waals surface area contributed by atoms with Gasteiger partial charge in [-0.3, -0.25) is 9.47 Å². The number of carbonyl (C=O) groups is 1. The number of ether oxygens (including phenoxy) is 2. The van der Waals surface area contributed by atoms with Gasteiger partial charge in [0, 0.05) is 12.6 Å². The molecule has 1 aromatic heterocycles. The Hall–Kier alpha value is -2.71. The number of aromatic nitrogens is 1. The molecule has 0 saturated heterocycles. The minimum absolute atomic E-state index is 0.0278. The number of alkyl halides is 1. The summed E-state index contributed by atoms with van der Waals surface area (Å²) in [4.78, 5) is 24.5. The number of fused-ring (bicyclic) bond motifs is 1. The lowest BCUT2D eigenvalue weighted by molar-refractivity contribution is 0.0524. The van der Waals surface area contributed by atoms with Gasteiger partial charge in [0.2, 0.25) is 11.2 Å². The van der Waals surface area contributed by atoms with Crippen LogP contribution in [0, 0.1) is 11.6 Å². The van der Waals surface area contributed by atoms with Gasteiger partial charge >= 0.3 is 5.97 Å². The van der Waals surface area contributed by atoms with Gasteiger partial charge in [0.1, 0.15) is 17.3 Å². The van der Waals surface area contributed by atoms with Crippen LogP contribution in [0.3, 0.4) is 0 Å². The maximum absolute atomic E-state index is 14.0. The Morgan fingerprint density at radius 1 is 1.44 bits per heavy atom. The van der Waals surface area contributed by atoms with E-state index in [0.29, 0.717) is 6.07 Å². The minimum Gasteiger partial charge on any atom is -0.491 e. The molecule has 1 fully saturated rings. The Labute approximate surface area is 140 Å². The summed E-state index contributed by atoms with van der Waals surface area (Å²) in [5, 5.41) is -0.287. The molecule has 1 aliphatic carbocycles. The van der Waals surface area contributed by atoms with Crippen LogP contribution in [0.5, 0.6) is 5.75 Å². The number of hydrogen-bond donors (Lipinski definition) is 1. The van der Waals surface area contributed by atoms with Crippen LogP contribution >= 0.6 is 0 Å². The third kappa shape index (κ3) is 2.90. The van der Waals surface area contributed by atoms with Crippen LogP contribution < -0.4 is 15.6 Å². The van der Waals surface area contributed by atoms with Gasteiger partial charge in [-0.1, -0.05) is 0 Å². The second-order valence-corrected chi connectivity index (χ2v) is 5.55. The van der Waals surface area contributed by atoms with Crippen LogP contribution in [0.4, 0.5) is 13.2 Å². The molecule has 2 atom stereocenters. The smallest absolute Gasteiger partial charge is 0.343 e. The van der Waals surface area contributed by atoms with Gasteiger partial charge in [-0.25, -0.2) is 13.6 Å². The van der Waals surface area contributed by atoms with Gasteiger partial charge < -0.3 is 14.9 Å². The second kappa shape index (κ2) is 6.30. The number of nitrogens with zero attached hydrogens (tertiary/aromatic N) is 1. The van der Waals surface area contributed by atoms with Crippen molar-refractivity contribution in [2.45, 2.75) is 25.6 Å². The first-order chi connectivity index (χ1) is 11.9. The van der Waals surface area contributed by atoms with E-state index in [2.05, 4.69) is 5.43 Å². The maximum Gasteiger partial charge on any atom is 0.343 e. The third-order valence-corrected chi connectivity index (χ3v) is 3.86. The molecule has 1 N–H and O–H groups in total. The summed E-state index contributed by atoms with van der Waals surface area (Å²) in [7, 11) is 1.11. The van der Waals surface area contributed by atoms with Crippen LogP contribution in [0.2, 0.25) is 0 Å². The first kappa shape index (κ1) is 17.1. The third-order valence-electron chi connectivity index (χ3n) is 3.86. The predicted octanol–water partition coefficient (Wildman–Crippen LogP) is 2.12. The van der Waals surface area contributed by atoms with E-state index in [9.17, 15) is 22.8 Å². The summed E-state index contributed by atoms with van der Waals surface area (Å²) in [6, 6.07) is 0.106.